The zero-order chi connectivity index (χ0) is 13.0. The Bertz CT molecular complexity index is 404. The minimum atomic E-state index is -0.987. The molecule has 0 aromatic carbocycles. The van der Waals surface area contributed by atoms with Crippen molar-refractivity contribution in [3.63, 3.8) is 0 Å². The second kappa shape index (κ2) is 6.02. The third kappa shape index (κ3) is 3.20. The smallest absolute Gasteiger partial charge is 0.332 e. The van der Waals surface area contributed by atoms with Crippen LogP contribution in [0.5, 0.6) is 0 Å². The van der Waals surface area contributed by atoms with Crippen LogP contribution >= 0.6 is 11.6 Å². The Balaban J connectivity index is 2.82. The molecule has 0 amide bonds. The first-order valence-corrected chi connectivity index (χ1v) is 5.97. The Hall–Kier alpha value is -1.07. The van der Waals surface area contributed by atoms with Crippen molar-refractivity contribution in [3.8, 4) is 0 Å². The van der Waals surface area contributed by atoms with Crippen molar-refractivity contribution in [1.29, 1.82) is 0 Å². The number of aliphatic carboxylic acids is 1. The van der Waals surface area contributed by atoms with Crippen LogP contribution in [0.2, 0.25) is 5.02 Å². The summed E-state index contributed by atoms with van der Waals surface area (Å²) >= 11 is 6.16. The maximum Gasteiger partial charge on any atom is 0.332 e. The molecule has 0 radical (unpaired) electrons. The van der Waals surface area contributed by atoms with E-state index in [4.69, 9.17) is 21.4 Å². The Morgan fingerprint density at radius 2 is 2.24 bits per heavy atom. The molecule has 0 bridgehead atoms. The standard InChI is InChI=1S/C11H17ClN2O3/c1-4-8-10(12)9(14(5-2)13-8)6-17-7(3)11(15)16/h7H,4-6H2,1-3H3,(H,15,16)/t7-/m1/s1. The molecule has 6 heteroatoms. The summed E-state index contributed by atoms with van der Waals surface area (Å²) in [6, 6.07) is 0. The first-order valence-electron chi connectivity index (χ1n) is 5.59. The number of carbonyl (C=O) groups is 1. The van der Waals surface area contributed by atoms with Gasteiger partial charge in [0.2, 0.25) is 0 Å². The van der Waals surface area contributed by atoms with Gasteiger partial charge in [0.25, 0.3) is 0 Å². The van der Waals surface area contributed by atoms with E-state index < -0.39 is 12.1 Å². The highest BCUT2D eigenvalue weighted by atomic mass is 35.5. The second-order valence-corrected chi connectivity index (χ2v) is 4.05. The lowest BCUT2D eigenvalue weighted by Gasteiger charge is -2.09. The largest absolute Gasteiger partial charge is 0.479 e. The molecule has 1 atom stereocenters. The molecule has 17 heavy (non-hydrogen) atoms. The number of rotatable bonds is 6. The molecule has 5 nitrogen and oxygen atoms in total. The van der Waals surface area contributed by atoms with E-state index >= 15 is 0 Å². The average molecular weight is 261 g/mol. The molecule has 0 fully saturated rings. The van der Waals surface area contributed by atoms with Crippen molar-refractivity contribution in [3.05, 3.63) is 16.4 Å². The van der Waals surface area contributed by atoms with Crippen molar-refractivity contribution < 1.29 is 14.6 Å². The molecule has 1 aromatic heterocycles. The molecule has 0 spiro atoms. The van der Waals surface area contributed by atoms with Crippen molar-refractivity contribution in [2.45, 2.75) is 46.4 Å². The average Bonchev–Trinajstić information content (AvgIpc) is 2.62. The van der Waals surface area contributed by atoms with Gasteiger partial charge >= 0.3 is 5.97 Å². The van der Waals surface area contributed by atoms with Crippen molar-refractivity contribution in [1.82, 2.24) is 9.78 Å². The fourth-order valence-electron chi connectivity index (χ4n) is 1.43. The van der Waals surface area contributed by atoms with Crippen LogP contribution in [-0.2, 0) is 29.1 Å². The highest BCUT2D eigenvalue weighted by Gasteiger charge is 2.17. The molecule has 1 aromatic rings. The van der Waals surface area contributed by atoms with Crippen molar-refractivity contribution >= 4 is 17.6 Å². The van der Waals surface area contributed by atoms with Crippen LogP contribution in [0.3, 0.4) is 0 Å². The zero-order valence-corrected chi connectivity index (χ0v) is 11.0. The van der Waals surface area contributed by atoms with E-state index in [0.29, 0.717) is 11.6 Å². The number of hydrogen-bond donors (Lipinski definition) is 1. The number of aryl methyl sites for hydroxylation is 2. The fraction of sp³-hybridized carbons (Fsp3) is 0.636. The minimum Gasteiger partial charge on any atom is -0.479 e. The van der Waals surface area contributed by atoms with Crippen LogP contribution < -0.4 is 0 Å². The highest BCUT2D eigenvalue weighted by Crippen LogP contribution is 2.22. The second-order valence-electron chi connectivity index (χ2n) is 3.67. The summed E-state index contributed by atoms with van der Waals surface area (Å²) < 4.78 is 6.97. The molecular formula is C11H17ClN2O3. The minimum absolute atomic E-state index is 0.160. The molecule has 0 aliphatic heterocycles. The number of ether oxygens (including phenoxy) is 1. The lowest BCUT2D eigenvalue weighted by atomic mass is 10.3. The molecule has 0 saturated heterocycles. The summed E-state index contributed by atoms with van der Waals surface area (Å²) in [5.74, 6) is -0.987. The molecule has 1 rings (SSSR count). The van der Waals surface area contributed by atoms with Gasteiger partial charge in [-0.25, -0.2) is 4.79 Å². The van der Waals surface area contributed by atoms with E-state index in [0.717, 1.165) is 17.8 Å². The van der Waals surface area contributed by atoms with Gasteiger partial charge in [-0.1, -0.05) is 18.5 Å². The van der Waals surface area contributed by atoms with E-state index in [9.17, 15) is 4.79 Å². The van der Waals surface area contributed by atoms with Crippen LogP contribution in [-0.4, -0.2) is 27.0 Å². The molecule has 0 unspecified atom stereocenters. The van der Waals surface area contributed by atoms with Gasteiger partial charge in [0.05, 0.1) is 23.0 Å². The Morgan fingerprint density at radius 1 is 1.59 bits per heavy atom. The quantitative estimate of drug-likeness (QED) is 0.851. The SMILES string of the molecule is CCc1nn(CC)c(CO[C@H](C)C(=O)O)c1Cl. The Kier molecular flexibility index (Phi) is 4.96. The summed E-state index contributed by atoms with van der Waals surface area (Å²) in [7, 11) is 0. The molecule has 1 heterocycles. The van der Waals surface area contributed by atoms with E-state index in [1.165, 1.54) is 6.92 Å². The number of aromatic nitrogens is 2. The maximum absolute atomic E-state index is 10.6. The maximum atomic E-state index is 10.6. The van der Waals surface area contributed by atoms with Crippen LogP contribution in [0.25, 0.3) is 0 Å². The monoisotopic (exact) mass is 260 g/mol. The zero-order valence-electron chi connectivity index (χ0n) is 10.2. The van der Waals surface area contributed by atoms with Gasteiger partial charge in [0.15, 0.2) is 6.10 Å². The predicted octanol–water partition coefficient (Wildman–Crippen LogP) is 2.11. The molecule has 0 aliphatic rings. The summed E-state index contributed by atoms with van der Waals surface area (Å²) in [5, 5.41) is 13.6. The summed E-state index contributed by atoms with van der Waals surface area (Å²) in [5.41, 5.74) is 1.55. The molecular weight excluding hydrogens is 244 g/mol. The van der Waals surface area contributed by atoms with Crippen LogP contribution in [0, 0.1) is 0 Å². The summed E-state index contributed by atoms with van der Waals surface area (Å²) in [6.45, 7) is 6.25. The van der Waals surface area contributed by atoms with E-state index in [1.807, 2.05) is 13.8 Å². The fourth-order valence-corrected chi connectivity index (χ4v) is 1.75. The highest BCUT2D eigenvalue weighted by molar-refractivity contribution is 6.31. The number of nitrogens with zero attached hydrogens (tertiary/aromatic N) is 2. The van der Waals surface area contributed by atoms with Gasteiger partial charge in [0, 0.05) is 6.54 Å². The first kappa shape index (κ1) is 14.0. The third-order valence-electron chi connectivity index (χ3n) is 2.51. The Morgan fingerprint density at radius 3 is 2.71 bits per heavy atom. The predicted molar refractivity (Wildman–Crippen MR) is 64.2 cm³/mol. The van der Waals surface area contributed by atoms with Crippen LogP contribution in [0.4, 0.5) is 0 Å². The summed E-state index contributed by atoms with van der Waals surface area (Å²) in [6.07, 6.45) is -0.107. The van der Waals surface area contributed by atoms with Crippen LogP contribution in [0.1, 0.15) is 32.2 Å². The molecule has 1 N–H and O–H groups in total. The first-order chi connectivity index (χ1) is 8.01. The molecule has 96 valence electrons. The topological polar surface area (TPSA) is 64.4 Å². The normalized spacial score (nSPS) is 12.7. The van der Waals surface area contributed by atoms with Gasteiger partial charge in [-0.15, -0.1) is 0 Å². The van der Waals surface area contributed by atoms with E-state index in [1.54, 1.807) is 4.68 Å². The van der Waals surface area contributed by atoms with Crippen LogP contribution in [0.15, 0.2) is 0 Å². The number of carboxylic acids is 1. The van der Waals surface area contributed by atoms with Gasteiger partial charge < -0.3 is 9.84 Å². The lowest BCUT2D eigenvalue weighted by Crippen LogP contribution is -2.20. The third-order valence-corrected chi connectivity index (χ3v) is 2.95. The van der Waals surface area contributed by atoms with Gasteiger partial charge in [-0.05, 0) is 20.3 Å². The van der Waals surface area contributed by atoms with Gasteiger partial charge in [-0.2, -0.15) is 5.10 Å². The van der Waals surface area contributed by atoms with E-state index in [-0.39, 0.29) is 6.61 Å². The van der Waals surface area contributed by atoms with Crippen molar-refractivity contribution in [2.75, 3.05) is 0 Å². The van der Waals surface area contributed by atoms with Gasteiger partial charge in [-0.3, -0.25) is 4.68 Å². The van der Waals surface area contributed by atoms with E-state index in [2.05, 4.69) is 5.10 Å². The number of halogens is 1. The Labute approximate surface area is 105 Å². The molecule has 0 saturated carbocycles. The van der Waals surface area contributed by atoms with Gasteiger partial charge in [0.1, 0.15) is 0 Å². The lowest BCUT2D eigenvalue weighted by molar-refractivity contribution is -0.150. The summed E-state index contributed by atoms with van der Waals surface area (Å²) in [4.78, 5) is 10.6. The van der Waals surface area contributed by atoms with Crippen molar-refractivity contribution in [2.24, 2.45) is 0 Å². The number of hydrogen-bond acceptors (Lipinski definition) is 3. The number of carboxylic acid groups (broad SMARTS) is 1. The molecule has 0 aliphatic carbocycles.